The van der Waals surface area contributed by atoms with Crippen LogP contribution < -0.4 is 0 Å². The summed E-state index contributed by atoms with van der Waals surface area (Å²) in [4.78, 5) is 9.11. The second-order valence-electron chi connectivity index (χ2n) is 6.40. The SMILES string of the molecule is Cc1nc2ccc(Br)cc2n1C(C)(c1ccccc1)c1ncccc1F. The molecule has 4 rings (SSSR count). The van der Waals surface area contributed by atoms with E-state index in [1.807, 2.05) is 62.4 Å². The quantitative estimate of drug-likeness (QED) is 0.450. The number of aryl methyl sites for hydroxylation is 1. The molecule has 0 fully saturated rings. The molecule has 3 nitrogen and oxygen atoms in total. The molecule has 2 heterocycles. The van der Waals surface area contributed by atoms with Crippen LogP contribution in [0.5, 0.6) is 0 Å². The van der Waals surface area contributed by atoms with Gasteiger partial charge in [0, 0.05) is 10.7 Å². The third-order valence-electron chi connectivity index (χ3n) is 4.79. The Morgan fingerprint density at radius 1 is 1.04 bits per heavy atom. The van der Waals surface area contributed by atoms with Crippen molar-refractivity contribution >= 4 is 27.0 Å². The number of fused-ring (bicyclic) bond motifs is 1. The molecule has 26 heavy (non-hydrogen) atoms. The van der Waals surface area contributed by atoms with E-state index in [0.29, 0.717) is 5.69 Å². The largest absolute Gasteiger partial charge is 0.312 e. The topological polar surface area (TPSA) is 30.7 Å². The normalized spacial score (nSPS) is 13.7. The average molecular weight is 410 g/mol. The van der Waals surface area contributed by atoms with Crippen molar-refractivity contribution in [1.82, 2.24) is 14.5 Å². The molecule has 2 aromatic carbocycles. The summed E-state index contributed by atoms with van der Waals surface area (Å²) in [6, 6.07) is 18.9. The van der Waals surface area contributed by atoms with Crippen LogP contribution in [-0.2, 0) is 5.54 Å². The fraction of sp³-hybridized carbons (Fsp3) is 0.143. The second kappa shape index (κ2) is 6.32. The second-order valence-corrected chi connectivity index (χ2v) is 7.32. The van der Waals surface area contributed by atoms with Gasteiger partial charge in [-0.2, -0.15) is 0 Å². The maximum atomic E-state index is 14.9. The van der Waals surface area contributed by atoms with Gasteiger partial charge in [0.25, 0.3) is 0 Å². The molecule has 0 radical (unpaired) electrons. The number of pyridine rings is 1. The maximum absolute atomic E-state index is 14.9. The highest BCUT2D eigenvalue weighted by Gasteiger charge is 2.37. The standard InChI is InChI=1S/C21H17BrFN3/c1-14-25-18-11-10-16(22)13-19(18)26(14)21(2,15-7-4-3-5-8-15)20-17(23)9-6-12-24-20/h3-13H,1-2H3. The fourth-order valence-electron chi connectivity index (χ4n) is 3.61. The molecule has 0 saturated carbocycles. The maximum Gasteiger partial charge on any atom is 0.147 e. The number of halogens is 2. The summed E-state index contributed by atoms with van der Waals surface area (Å²) < 4.78 is 17.9. The van der Waals surface area contributed by atoms with Crippen molar-refractivity contribution in [2.24, 2.45) is 0 Å². The van der Waals surface area contributed by atoms with E-state index in [1.54, 1.807) is 12.3 Å². The summed E-state index contributed by atoms with van der Waals surface area (Å²) in [6.45, 7) is 3.93. The first-order valence-electron chi connectivity index (χ1n) is 8.33. The highest BCUT2D eigenvalue weighted by Crippen LogP contribution is 2.38. The van der Waals surface area contributed by atoms with Crippen molar-refractivity contribution in [1.29, 1.82) is 0 Å². The predicted molar refractivity (Wildman–Crippen MR) is 105 cm³/mol. The van der Waals surface area contributed by atoms with Crippen LogP contribution >= 0.6 is 15.9 Å². The molecule has 4 aromatic rings. The monoisotopic (exact) mass is 409 g/mol. The number of imidazole rings is 1. The molecule has 0 saturated heterocycles. The third-order valence-corrected chi connectivity index (χ3v) is 5.28. The number of hydrogen-bond donors (Lipinski definition) is 0. The zero-order valence-corrected chi connectivity index (χ0v) is 16.0. The van der Waals surface area contributed by atoms with Crippen LogP contribution in [0.3, 0.4) is 0 Å². The molecule has 2 aromatic heterocycles. The van der Waals surface area contributed by atoms with Gasteiger partial charge in [0.05, 0.1) is 11.0 Å². The van der Waals surface area contributed by atoms with Gasteiger partial charge in [-0.3, -0.25) is 4.98 Å². The van der Waals surface area contributed by atoms with Crippen LogP contribution in [0.25, 0.3) is 11.0 Å². The molecule has 0 aliphatic heterocycles. The Balaban J connectivity index is 2.13. The fourth-order valence-corrected chi connectivity index (χ4v) is 3.96. The van der Waals surface area contributed by atoms with Crippen molar-refractivity contribution in [2.45, 2.75) is 19.4 Å². The summed E-state index contributed by atoms with van der Waals surface area (Å²) in [5.74, 6) is 0.463. The minimum atomic E-state index is -0.841. The van der Waals surface area contributed by atoms with Gasteiger partial charge < -0.3 is 4.57 Å². The molecule has 0 amide bonds. The lowest BCUT2D eigenvalue weighted by Crippen LogP contribution is -2.35. The molecular weight excluding hydrogens is 393 g/mol. The van der Waals surface area contributed by atoms with E-state index >= 15 is 0 Å². The van der Waals surface area contributed by atoms with E-state index < -0.39 is 5.54 Å². The average Bonchev–Trinajstić information content (AvgIpc) is 2.97. The molecule has 0 aliphatic rings. The summed E-state index contributed by atoms with van der Waals surface area (Å²) in [7, 11) is 0. The Hall–Kier alpha value is -2.53. The lowest BCUT2D eigenvalue weighted by atomic mass is 9.87. The molecular formula is C21H17BrFN3. The molecule has 1 atom stereocenters. The van der Waals surface area contributed by atoms with Gasteiger partial charge in [0.2, 0.25) is 0 Å². The molecule has 0 spiro atoms. The summed E-state index contributed by atoms with van der Waals surface area (Å²) in [5, 5.41) is 0. The Kier molecular flexibility index (Phi) is 4.11. The summed E-state index contributed by atoms with van der Waals surface area (Å²) >= 11 is 3.54. The smallest absolute Gasteiger partial charge is 0.147 e. The van der Waals surface area contributed by atoms with E-state index in [9.17, 15) is 4.39 Å². The molecule has 130 valence electrons. The molecule has 0 aliphatic carbocycles. The first-order valence-corrected chi connectivity index (χ1v) is 9.12. The van der Waals surface area contributed by atoms with Crippen molar-refractivity contribution in [3.8, 4) is 0 Å². The van der Waals surface area contributed by atoms with Gasteiger partial charge in [0.1, 0.15) is 22.9 Å². The van der Waals surface area contributed by atoms with Crippen LogP contribution in [-0.4, -0.2) is 14.5 Å². The van der Waals surface area contributed by atoms with Crippen molar-refractivity contribution in [3.63, 3.8) is 0 Å². The molecule has 0 bridgehead atoms. The number of hydrogen-bond acceptors (Lipinski definition) is 2. The third kappa shape index (κ3) is 2.54. The van der Waals surface area contributed by atoms with Crippen LogP contribution in [0.4, 0.5) is 4.39 Å². The number of benzene rings is 2. The zero-order chi connectivity index (χ0) is 18.3. The van der Waals surface area contributed by atoms with Gasteiger partial charge in [-0.25, -0.2) is 9.37 Å². The van der Waals surface area contributed by atoms with Gasteiger partial charge in [-0.05, 0) is 49.7 Å². The minimum absolute atomic E-state index is 0.338. The Labute approximate surface area is 159 Å². The highest BCUT2D eigenvalue weighted by molar-refractivity contribution is 9.10. The Bertz CT molecular complexity index is 1090. The summed E-state index contributed by atoms with van der Waals surface area (Å²) in [6.07, 6.45) is 1.63. The van der Waals surface area contributed by atoms with Crippen LogP contribution in [0, 0.1) is 12.7 Å². The number of rotatable bonds is 3. The molecule has 0 N–H and O–H groups in total. The van der Waals surface area contributed by atoms with Gasteiger partial charge in [0.15, 0.2) is 0 Å². The number of nitrogens with zero attached hydrogens (tertiary/aromatic N) is 3. The highest BCUT2D eigenvalue weighted by atomic mass is 79.9. The van der Waals surface area contributed by atoms with E-state index in [-0.39, 0.29) is 5.82 Å². The van der Waals surface area contributed by atoms with E-state index in [0.717, 1.165) is 26.9 Å². The molecule has 5 heteroatoms. The first kappa shape index (κ1) is 16.9. The van der Waals surface area contributed by atoms with Crippen LogP contribution in [0.2, 0.25) is 0 Å². The first-order chi connectivity index (χ1) is 12.5. The summed E-state index contributed by atoms with van der Waals surface area (Å²) in [5.41, 5.74) is 2.26. The Morgan fingerprint density at radius 3 is 2.54 bits per heavy atom. The van der Waals surface area contributed by atoms with Crippen molar-refractivity contribution in [3.05, 3.63) is 94.2 Å². The van der Waals surface area contributed by atoms with Crippen LogP contribution in [0.15, 0.2) is 71.3 Å². The zero-order valence-electron chi connectivity index (χ0n) is 14.4. The lowest BCUT2D eigenvalue weighted by molar-refractivity contribution is 0.433. The van der Waals surface area contributed by atoms with E-state index in [4.69, 9.17) is 4.98 Å². The van der Waals surface area contributed by atoms with Gasteiger partial charge >= 0.3 is 0 Å². The lowest BCUT2D eigenvalue weighted by Gasteiger charge is -2.33. The number of aromatic nitrogens is 3. The van der Waals surface area contributed by atoms with E-state index in [2.05, 4.69) is 25.5 Å². The van der Waals surface area contributed by atoms with Crippen molar-refractivity contribution in [2.75, 3.05) is 0 Å². The van der Waals surface area contributed by atoms with Gasteiger partial charge in [-0.15, -0.1) is 0 Å². The van der Waals surface area contributed by atoms with Crippen molar-refractivity contribution < 1.29 is 4.39 Å². The van der Waals surface area contributed by atoms with E-state index in [1.165, 1.54) is 6.07 Å². The minimum Gasteiger partial charge on any atom is -0.312 e. The predicted octanol–water partition coefficient (Wildman–Crippen LogP) is 5.45. The Morgan fingerprint density at radius 2 is 1.81 bits per heavy atom. The van der Waals surface area contributed by atoms with Crippen LogP contribution in [0.1, 0.15) is 24.0 Å². The molecule has 1 unspecified atom stereocenters. The van der Waals surface area contributed by atoms with Gasteiger partial charge in [-0.1, -0.05) is 46.3 Å².